The SMILES string of the molecule is C=C(C)CC(O[Si](C)(C)C)c1ccccc1. The average molecular weight is 234 g/mol. The molecule has 1 aromatic rings. The van der Waals surface area contributed by atoms with E-state index in [2.05, 4.69) is 57.4 Å². The van der Waals surface area contributed by atoms with Crippen LogP contribution in [0.4, 0.5) is 0 Å². The van der Waals surface area contributed by atoms with Gasteiger partial charge in [0.25, 0.3) is 0 Å². The summed E-state index contributed by atoms with van der Waals surface area (Å²) in [6.07, 6.45) is 1.08. The van der Waals surface area contributed by atoms with Crippen LogP contribution in [0.25, 0.3) is 0 Å². The van der Waals surface area contributed by atoms with Gasteiger partial charge < -0.3 is 4.43 Å². The lowest BCUT2D eigenvalue weighted by Gasteiger charge is -2.27. The Labute approximate surface area is 100 Å². The van der Waals surface area contributed by atoms with Gasteiger partial charge in [-0.15, -0.1) is 6.58 Å². The van der Waals surface area contributed by atoms with Crippen LogP contribution in [-0.4, -0.2) is 8.32 Å². The zero-order chi connectivity index (χ0) is 12.2. The zero-order valence-electron chi connectivity index (χ0n) is 10.8. The lowest BCUT2D eigenvalue weighted by molar-refractivity contribution is 0.198. The second-order valence-corrected chi connectivity index (χ2v) is 9.75. The molecule has 0 N–H and O–H groups in total. The van der Waals surface area contributed by atoms with Crippen molar-refractivity contribution >= 4 is 8.32 Å². The van der Waals surface area contributed by atoms with Crippen LogP contribution in [0.15, 0.2) is 42.5 Å². The summed E-state index contributed by atoms with van der Waals surface area (Å²) in [7, 11) is -1.51. The van der Waals surface area contributed by atoms with Gasteiger partial charge in [0, 0.05) is 0 Å². The molecule has 0 saturated carbocycles. The summed E-state index contributed by atoms with van der Waals surface area (Å²) >= 11 is 0. The van der Waals surface area contributed by atoms with Gasteiger partial charge in [0.1, 0.15) is 0 Å². The molecule has 0 fully saturated rings. The Morgan fingerprint density at radius 2 is 1.81 bits per heavy atom. The molecule has 2 heteroatoms. The van der Waals surface area contributed by atoms with E-state index < -0.39 is 8.32 Å². The minimum atomic E-state index is -1.51. The van der Waals surface area contributed by atoms with Gasteiger partial charge >= 0.3 is 0 Å². The summed E-state index contributed by atoms with van der Waals surface area (Å²) in [4.78, 5) is 0. The smallest absolute Gasteiger partial charge is 0.184 e. The third-order valence-corrected chi connectivity index (χ3v) is 3.19. The summed E-state index contributed by atoms with van der Waals surface area (Å²) in [5.41, 5.74) is 2.43. The van der Waals surface area contributed by atoms with Gasteiger partial charge in [-0.25, -0.2) is 0 Å². The number of hydrogen-bond donors (Lipinski definition) is 0. The fourth-order valence-corrected chi connectivity index (χ4v) is 2.71. The molecule has 88 valence electrons. The molecule has 0 amide bonds. The van der Waals surface area contributed by atoms with Crippen molar-refractivity contribution in [1.82, 2.24) is 0 Å². The summed E-state index contributed by atoms with van der Waals surface area (Å²) < 4.78 is 6.21. The maximum absolute atomic E-state index is 6.21. The number of benzene rings is 1. The van der Waals surface area contributed by atoms with Crippen molar-refractivity contribution in [3.05, 3.63) is 48.0 Å². The molecule has 1 unspecified atom stereocenters. The van der Waals surface area contributed by atoms with E-state index in [0.717, 1.165) is 6.42 Å². The molecule has 1 atom stereocenters. The van der Waals surface area contributed by atoms with Crippen molar-refractivity contribution in [2.24, 2.45) is 0 Å². The van der Waals surface area contributed by atoms with E-state index >= 15 is 0 Å². The summed E-state index contributed by atoms with van der Waals surface area (Å²) in [5, 5.41) is 0. The molecule has 0 aliphatic rings. The van der Waals surface area contributed by atoms with Gasteiger partial charge in [0.15, 0.2) is 8.32 Å². The van der Waals surface area contributed by atoms with E-state index in [1.165, 1.54) is 11.1 Å². The summed E-state index contributed by atoms with van der Waals surface area (Å²) in [6.45, 7) is 12.7. The van der Waals surface area contributed by atoms with Gasteiger partial charge in [0.2, 0.25) is 0 Å². The van der Waals surface area contributed by atoms with E-state index in [4.69, 9.17) is 4.43 Å². The normalized spacial score (nSPS) is 13.5. The Morgan fingerprint density at radius 1 is 1.25 bits per heavy atom. The van der Waals surface area contributed by atoms with E-state index in [1.54, 1.807) is 0 Å². The van der Waals surface area contributed by atoms with Gasteiger partial charge in [-0.2, -0.15) is 0 Å². The maximum Gasteiger partial charge on any atom is 0.184 e. The standard InChI is InChI=1S/C14H22OSi/c1-12(2)11-14(15-16(3,4)5)13-9-7-6-8-10-13/h6-10,14H,1,11H2,2-5H3. The molecular weight excluding hydrogens is 212 g/mol. The van der Waals surface area contributed by atoms with E-state index in [-0.39, 0.29) is 6.10 Å². The van der Waals surface area contributed by atoms with Crippen molar-refractivity contribution in [2.75, 3.05) is 0 Å². The van der Waals surface area contributed by atoms with Crippen LogP contribution in [-0.2, 0) is 4.43 Å². The first kappa shape index (κ1) is 13.2. The highest BCUT2D eigenvalue weighted by atomic mass is 28.4. The highest BCUT2D eigenvalue weighted by Gasteiger charge is 2.22. The molecule has 0 spiro atoms. The van der Waals surface area contributed by atoms with Crippen LogP contribution in [0.1, 0.15) is 25.0 Å². The van der Waals surface area contributed by atoms with Crippen molar-refractivity contribution in [3.8, 4) is 0 Å². The Bertz CT molecular complexity index is 338. The van der Waals surface area contributed by atoms with Crippen LogP contribution in [0, 0.1) is 0 Å². The molecule has 0 radical (unpaired) electrons. The van der Waals surface area contributed by atoms with Gasteiger partial charge in [0.05, 0.1) is 6.10 Å². The molecule has 0 aliphatic carbocycles. The highest BCUT2D eigenvalue weighted by Crippen LogP contribution is 2.27. The van der Waals surface area contributed by atoms with Crippen LogP contribution in [0.5, 0.6) is 0 Å². The Morgan fingerprint density at radius 3 is 2.25 bits per heavy atom. The average Bonchev–Trinajstić information content (AvgIpc) is 2.15. The van der Waals surface area contributed by atoms with E-state index in [9.17, 15) is 0 Å². The minimum Gasteiger partial charge on any atom is -0.410 e. The second-order valence-electron chi connectivity index (χ2n) is 5.29. The molecule has 16 heavy (non-hydrogen) atoms. The van der Waals surface area contributed by atoms with E-state index in [1.807, 2.05) is 6.07 Å². The third kappa shape index (κ3) is 4.77. The molecular formula is C14H22OSi. The molecule has 0 bridgehead atoms. The second kappa shape index (κ2) is 5.46. The van der Waals surface area contributed by atoms with Crippen molar-refractivity contribution in [3.63, 3.8) is 0 Å². The lowest BCUT2D eigenvalue weighted by atomic mass is 10.0. The number of hydrogen-bond acceptors (Lipinski definition) is 1. The monoisotopic (exact) mass is 234 g/mol. The van der Waals surface area contributed by atoms with Crippen LogP contribution < -0.4 is 0 Å². The zero-order valence-corrected chi connectivity index (χ0v) is 11.8. The van der Waals surface area contributed by atoms with Crippen molar-refractivity contribution in [2.45, 2.75) is 39.1 Å². The first-order chi connectivity index (χ1) is 7.38. The summed E-state index contributed by atoms with van der Waals surface area (Å²) in [6, 6.07) is 10.4. The molecule has 0 heterocycles. The molecule has 1 aromatic carbocycles. The first-order valence-corrected chi connectivity index (χ1v) is 9.16. The Kier molecular flexibility index (Phi) is 4.51. The Hall–Kier alpha value is -0.863. The minimum absolute atomic E-state index is 0.172. The lowest BCUT2D eigenvalue weighted by Crippen LogP contribution is -2.28. The quantitative estimate of drug-likeness (QED) is 0.536. The fourth-order valence-electron chi connectivity index (χ4n) is 1.64. The van der Waals surface area contributed by atoms with Crippen molar-refractivity contribution in [1.29, 1.82) is 0 Å². The largest absolute Gasteiger partial charge is 0.410 e. The molecule has 1 rings (SSSR count). The first-order valence-electron chi connectivity index (χ1n) is 5.75. The predicted molar refractivity (Wildman–Crippen MR) is 73.0 cm³/mol. The highest BCUT2D eigenvalue weighted by molar-refractivity contribution is 6.69. The molecule has 0 aliphatic heterocycles. The molecule has 0 saturated heterocycles. The van der Waals surface area contributed by atoms with Gasteiger partial charge in [-0.05, 0) is 38.5 Å². The van der Waals surface area contributed by atoms with Crippen molar-refractivity contribution < 1.29 is 4.43 Å². The topological polar surface area (TPSA) is 9.23 Å². The molecule has 1 nitrogen and oxygen atoms in total. The maximum atomic E-state index is 6.21. The Balaban J connectivity index is 2.84. The predicted octanol–water partition coefficient (Wildman–Crippen LogP) is 4.55. The molecule has 0 aromatic heterocycles. The van der Waals surface area contributed by atoms with Gasteiger partial charge in [-0.1, -0.05) is 35.9 Å². The van der Waals surface area contributed by atoms with E-state index in [0.29, 0.717) is 0 Å². The number of rotatable bonds is 5. The van der Waals surface area contributed by atoms with Gasteiger partial charge in [-0.3, -0.25) is 0 Å². The van der Waals surface area contributed by atoms with Crippen LogP contribution >= 0.6 is 0 Å². The summed E-state index contributed by atoms with van der Waals surface area (Å²) in [5.74, 6) is 0. The fraction of sp³-hybridized carbons (Fsp3) is 0.429. The van der Waals surface area contributed by atoms with Crippen LogP contribution in [0.2, 0.25) is 19.6 Å². The third-order valence-electron chi connectivity index (χ3n) is 2.20. The van der Waals surface area contributed by atoms with Crippen LogP contribution in [0.3, 0.4) is 0 Å².